The van der Waals surface area contributed by atoms with Gasteiger partial charge >= 0.3 is 6.18 Å². The molecule has 1 N–H and O–H groups in total. The first-order valence-electron chi connectivity index (χ1n) is 9.16. The van der Waals surface area contributed by atoms with Crippen molar-refractivity contribution in [3.63, 3.8) is 0 Å². The molecule has 0 spiro atoms. The minimum absolute atomic E-state index is 0.314. The van der Waals surface area contributed by atoms with Gasteiger partial charge in [-0.2, -0.15) is 13.2 Å². The lowest BCUT2D eigenvalue weighted by molar-refractivity contribution is -0.141. The zero-order valence-electron chi connectivity index (χ0n) is 15.2. The van der Waals surface area contributed by atoms with Crippen LogP contribution in [-0.2, 0) is 6.18 Å². The predicted molar refractivity (Wildman–Crippen MR) is 93.5 cm³/mol. The molecule has 140 valence electrons. The van der Waals surface area contributed by atoms with Crippen molar-refractivity contribution in [2.45, 2.75) is 52.3 Å². The van der Waals surface area contributed by atoms with Gasteiger partial charge in [-0.15, -0.1) is 0 Å². The van der Waals surface area contributed by atoms with Crippen molar-refractivity contribution in [2.75, 3.05) is 24.5 Å². The second-order valence-corrected chi connectivity index (χ2v) is 8.66. The molecule has 3 rings (SSSR count). The fourth-order valence-corrected chi connectivity index (χ4v) is 4.10. The zero-order valence-corrected chi connectivity index (χ0v) is 15.2. The molecule has 1 aliphatic heterocycles. The van der Waals surface area contributed by atoms with Crippen molar-refractivity contribution in [3.05, 3.63) is 23.9 Å². The van der Waals surface area contributed by atoms with E-state index < -0.39 is 11.9 Å². The summed E-state index contributed by atoms with van der Waals surface area (Å²) in [4.78, 5) is 5.88. The number of hydrogen-bond donors (Lipinski definition) is 1. The maximum atomic E-state index is 12.9. The van der Waals surface area contributed by atoms with E-state index >= 15 is 0 Å². The SMILES string of the molecule is CC(C)(C)CCN[C@H]1CC[C@@H]2CN(c3cccc(C(F)(F)F)n3)C[C@@H]21. The summed E-state index contributed by atoms with van der Waals surface area (Å²) in [6.07, 6.45) is -0.945. The van der Waals surface area contributed by atoms with Gasteiger partial charge in [-0.3, -0.25) is 0 Å². The molecule has 1 saturated heterocycles. The summed E-state index contributed by atoms with van der Waals surface area (Å²) >= 11 is 0. The highest BCUT2D eigenvalue weighted by atomic mass is 19.4. The van der Waals surface area contributed by atoms with Crippen molar-refractivity contribution in [1.29, 1.82) is 0 Å². The van der Waals surface area contributed by atoms with Crippen molar-refractivity contribution in [3.8, 4) is 0 Å². The van der Waals surface area contributed by atoms with Crippen molar-refractivity contribution < 1.29 is 13.2 Å². The summed E-state index contributed by atoms with van der Waals surface area (Å²) in [6, 6.07) is 4.66. The fourth-order valence-electron chi connectivity index (χ4n) is 4.10. The highest BCUT2D eigenvalue weighted by Gasteiger charge is 2.43. The zero-order chi connectivity index (χ0) is 18.2. The number of hydrogen-bond acceptors (Lipinski definition) is 3. The molecule has 2 fully saturated rings. The third kappa shape index (κ3) is 4.46. The van der Waals surface area contributed by atoms with Gasteiger partial charge in [0.05, 0.1) is 0 Å². The van der Waals surface area contributed by atoms with E-state index in [9.17, 15) is 13.2 Å². The Hall–Kier alpha value is -1.30. The van der Waals surface area contributed by atoms with E-state index in [0.717, 1.165) is 38.5 Å². The first-order chi connectivity index (χ1) is 11.6. The van der Waals surface area contributed by atoms with Crippen molar-refractivity contribution in [1.82, 2.24) is 10.3 Å². The lowest BCUT2D eigenvalue weighted by Crippen LogP contribution is -2.37. The monoisotopic (exact) mass is 355 g/mol. The fraction of sp³-hybridized carbons (Fsp3) is 0.737. The van der Waals surface area contributed by atoms with Crippen LogP contribution in [0.25, 0.3) is 0 Å². The van der Waals surface area contributed by atoms with E-state index in [0.29, 0.717) is 29.1 Å². The largest absolute Gasteiger partial charge is 0.433 e. The molecule has 1 aliphatic carbocycles. The van der Waals surface area contributed by atoms with Crippen LogP contribution >= 0.6 is 0 Å². The first kappa shape index (κ1) is 18.5. The Balaban J connectivity index is 1.62. The highest BCUT2D eigenvalue weighted by Crippen LogP contribution is 2.40. The van der Waals surface area contributed by atoms with Crippen LogP contribution in [0.1, 0.15) is 45.7 Å². The summed E-state index contributed by atoms with van der Waals surface area (Å²) < 4.78 is 38.7. The summed E-state index contributed by atoms with van der Waals surface area (Å²) in [5, 5.41) is 3.69. The summed E-state index contributed by atoms with van der Waals surface area (Å²) in [5.41, 5.74) is -0.490. The maximum absolute atomic E-state index is 12.9. The molecular weight excluding hydrogens is 327 g/mol. The van der Waals surface area contributed by atoms with Gasteiger partial charge in [0.25, 0.3) is 0 Å². The third-order valence-corrected chi connectivity index (χ3v) is 5.49. The Morgan fingerprint density at radius 1 is 1.16 bits per heavy atom. The van der Waals surface area contributed by atoms with E-state index in [1.54, 1.807) is 6.07 Å². The lowest BCUT2D eigenvalue weighted by atomic mass is 9.92. The predicted octanol–water partition coefficient (Wildman–Crippen LogP) is 4.34. The smallest absolute Gasteiger partial charge is 0.356 e. The minimum atomic E-state index is -4.39. The van der Waals surface area contributed by atoms with Crippen molar-refractivity contribution >= 4 is 5.82 Å². The third-order valence-electron chi connectivity index (χ3n) is 5.49. The van der Waals surface area contributed by atoms with Crippen LogP contribution in [0.3, 0.4) is 0 Å². The Morgan fingerprint density at radius 2 is 1.92 bits per heavy atom. The molecule has 0 amide bonds. The molecule has 0 bridgehead atoms. The number of rotatable bonds is 4. The van der Waals surface area contributed by atoms with Gasteiger partial charge in [0.15, 0.2) is 0 Å². The topological polar surface area (TPSA) is 28.2 Å². The Kier molecular flexibility index (Phi) is 5.02. The van der Waals surface area contributed by atoms with Gasteiger partial charge in [-0.25, -0.2) is 4.98 Å². The molecule has 1 saturated carbocycles. The Labute approximate surface area is 148 Å². The number of fused-ring (bicyclic) bond motifs is 1. The van der Waals surface area contributed by atoms with Crippen LogP contribution in [0, 0.1) is 17.3 Å². The summed E-state index contributed by atoms with van der Waals surface area (Å²) in [6.45, 7) is 9.33. The maximum Gasteiger partial charge on any atom is 0.433 e. The average Bonchev–Trinajstić information content (AvgIpc) is 3.07. The first-order valence-corrected chi connectivity index (χ1v) is 9.16. The highest BCUT2D eigenvalue weighted by molar-refractivity contribution is 5.42. The number of nitrogens with one attached hydrogen (secondary N) is 1. The standard InChI is InChI=1S/C19H28F3N3/c1-18(2,3)9-10-23-15-8-7-13-11-25(12-14(13)15)17-6-4-5-16(24-17)19(20,21)22/h4-6,13-15,23H,7-12H2,1-3H3/t13-,14+,15+/m1/s1. The van der Waals surface area contributed by atoms with E-state index in [1.165, 1.54) is 12.5 Å². The number of nitrogens with zero attached hydrogens (tertiary/aromatic N) is 2. The van der Waals surface area contributed by atoms with Gasteiger partial charge in [-0.05, 0) is 55.2 Å². The molecule has 0 aromatic carbocycles. The van der Waals surface area contributed by atoms with Crippen LogP contribution in [0.5, 0.6) is 0 Å². The van der Waals surface area contributed by atoms with Crippen molar-refractivity contribution in [2.24, 2.45) is 17.3 Å². The molecule has 1 aromatic heterocycles. The van der Waals surface area contributed by atoms with Crippen LogP contribution in [0.2, 0.25) is 0 Å². The van der Waals surface area contributed by atoms with E-state index in [4.69, 9.17) is 0 Å². The summed E-state index contributed by atoms with van der Waals surface area (Å²) in [7, 11) is 0. The molecule has 2 aliphatic rings. The molecular formula is C19H28F3N3. The quantitative estimate of drug-likeness (QED) is 0.871. The number of alkyl halides is 3. The van der Waals surface area contributed by atoms with Crippen LogP contribution < -0.4 is 10.2 Å². The summed E-state index contributed by atoms with van der Waals surface area (Å²) in [5.74, 6) is 1.53. The second-order valence-electron chi connectivity index (χ2n) is 8.66. The van der Waals surface area contributed by atoms with Crippen LogP contribution in [0.15, 0.2) is 18.2 Å². The van der Waals surface area contributed by atoms with E-state index in [2.05, 4.69) is 31.1 Å². The Morgan fingerprint density at radius 3 is 2.60 bits per heavy atom. The lowest BCUT2D eigenvalue weighted by Gasteiger charge is -2.25. The van der Waals surface area contributed by atoms with Gasteiger partial charge in [0, 0.05) is 19.1 Å². The molecule has 1 aromatic rings. The van der Waals surface area contributed by atoms with Gasteiger partial charge < -0.3 is 10.2 Å². The van der Waals surface area contributed by atoms with Gasteiger partial charge in [0.1, 0.15) is 11.5 Å². The average molecular weight is 355 g/mol. The number of anilines is 1. The number of aromatic nitrogens is 1. The normalized spacial score (nSPS) is 27.0. The molecule has 0 radical (unpaired) electrons. The molecule has 6 heteroatoms. The van der Waals surface area contributed by atoms with Crippen LogP contribution in [0.4, 0.5) is 19.0 Å². The van der Waals surface area contributed by atoms with E-state index in [-0.39, 0.29) is 0 Å². The second kappa shape index (κ2) is 6.78. The molecule has 3 atom stereocenters. The van der Waals surface area contributed by atoms with Gasteiger partial charge in [0.2, 0.25) is 0 Å². The molecule has 0 unspecified atom stereocenters. The van der Waals surface area contributed by atoms with E-state index in [1.807, 2.05) is 4.90 Å². The molecule has 2 heterocycles. The number of halogens is 3. The molecule has 3 nitrogen and oxygen atoms in total. The molecule has 25 heavy (non-hydrogen) atoms. The van der Waals surface area contributed by atoms with Gasteiger partial charge in [-0.1, -0.05) is 26.8 Å². The minimum Gasteiger partial charge on any atom is -0.356 e. The van der Waals surface area contributed by atoms with Crippen LogP contribution in [-0.4, -0.2) is 30.7 Å². The number of pyridine rings is 1. The Bertz CT molecular complexity index is 594.